The van der Waals surface area contributed by atoms with Gasteiger partial charge in [0.2, 0.25) is 0 Å². The molecule has 0 fully saturated rings. The number of rotatable bonds is 13. The van der Waals surface area contributed by atoms with Crippen molar-refractivity contribution < 1.29 is 28.9 Å². The van der Waals surface area contributed by atoms with Crippen LogP contribution in [0, 0.1) is 0 Å². The van der Waals surface area contributed by atoms with Crippen molar-refractivity contribution in [2.24, 2.45) is 0 Å². The van der Waals surface area contributed by atoms with Crippen LogP contribution >= 0.6 is 0 Å². The van der Waals surface area contributed by atoms with Crippen molar-refractivity contribution >= 4 is 44.1 Å². The van der Waals surface area contributed by atoms with Crippen LogP contribution in [0.4, 0.5) is 5.69 Å². The van der Waals surface area contributed by atoms with Crippen LogP contribution in [0.25, 0.3) is 0 Å². The third-order valence-corrected chi connectivity index (χ3v) is 9.42. The first kappa shape index (κ1) is 28.9. The molecule has 0 bridgehead atoms. The molecule has 0 radical (unpaired) electrons. The highest BCUT2D eigenvalue weighted by atomic mass is 28.3. The Balaban J connectivity index is 1.95. The van der Waals surface area contributed by atoms with Crippen molar-refractivity contribution in [2.45, 2.75) is 39.3 Å². The standard InChI is InChI=1S/C26H39NO6Si2/c1-34(2,3)23-17-21(18-24(19-23)35(4,5)6)25(29)27-22-9-7-20(8-10-22)26(30)33-16-15-32-14-13-31-12-11-28/h7-10,17-19,28H,11-16H2,1-6H3,(H,27,29). The largest absolute Gasteiger partial charge is 0.460 e. The van der Waals surface area contributed by atoms with E-state index in [1.54, 1.807) is 24.3 Å². The first-order chi connectivity index (χ1) is 16.4. The molecule has 0 aromatic heterocycles. The number of nitrogens with one attached hydrogen (secondary N) is 1. The number of ether oxygens (including phenoxy) is 3. The average molecular weight is 518 g/mol. The number of anilines is 1. The van der Waals surface area contributed by atoms with Crippen molar-refractivity contribution in [1.29, 1.82) is 0 Å². The van der Waals surface area contributed by atoms with Crippen molar-refractivity contribution in [3.8, 4) is 0 Å². The molecule has 0 heterocycles. The molecule has 2 aromatic rings. The predicted octanol–water partition coefficient (Wildman–Crippen LogP) is 3.21. The maximum atomic E-state index is 13.1. The minimum absolute atomic E-state index is 0.0224. The Morgan fingerprint density at radius 2 is 1.26 bits per heavy atom. The molecule has 9 heteroatoms. The molecule has 0 aliphatic carbocycles. The molecular formula is C26H39NO6Si2. The smallest absolute Gasteiger partial charge is 0.338 e. The van der Waals surface area contributed by atoms with Crippen LogP contribution < -0.4 is 15.7 Å². The van der Waals surface area contributed by atoms with E-state index in [0.717, 1.165) is 0 Å². The zero-order chi connectivity index (χ0) is 26.1. The molecule has 7 nitrogen and oxygen atoms in total. The summed E-state index contributed by atoms with van der Waals surface area (Å²) in [5.74, 6) is -0.606. The summed E-state index contributed by atoms with van der Waals surface area (Å²) in [4.78, 5) is 25.3. The quantitative estimate of drug-likeness (QED) is 0.241. The minimum atomic E-state index is -1.59. The summed E-state index contributed by atoms with van der Waals surface area (Å²) < 4.78 is 15.6. The van der Waals surface area contributed by atoms with Crippen molar-refractivity contribution in [2.75, 3.05) is 45.0 Å². The van der Waals surface area contributed by atoms with Crippen molar-refractivity contribution in [3.05, 3.63) is 53.6 Å². The molecule has 0 saturated heterocycles. The molecule has 2 aromatic carbocycles. The lowest BCUT2D eigenvalue weighted by molar-refractivity contribution is 0.00920. The molecule has 0 atom stereocenters. The van der Waals surface area contributed by atoms with Crippen LogP contribution in [0.15, 0.2) is 42.5 Å². The number of benzene rings is 2. The lowest BCUT2D eigenvalue weighted by Gasteiger charge is -2.24. The molecule has 35 heavy (non-hydrogen) atoms. The Morgan fingerprint density at radius 1 is 0.743 bits per heavy atom. The van der Waals surface area contributed by atoms with Crippen LogP contribution in [-0.4, -0.2) is 72.8 Å². The lowest BCUT2D eigenvalue weighted by Crippen LogP contribution is -2.46. The summed E-state index contributed by atoms with van der Waals surface area (Å²) in [6, 6.07) is 13.0. The van der Waals surface area contributed by atoms with E-state index >= 15 is 0 Å². The summed E-state index contributed by atoms with van der Waals surface area (Å²) in [6.45, 7) is 15.1. The first-order valence-corrected chi connectivity index (χ1v) is 18.9. The fraction of sp³-hybridized carbons (Fsp3) is 0.462. The van der Waals surface area contributed by atoms with Gasteiger partial charge in [-0.2, -0.15) is 0 Å². The summed E-state index contributed by atoms with van der Waals surface area (Å²) in [6.07, 6.45) is 0. The SMILES string of the molecule is C[Si](C)(C)c1cc(C(=O)Nc2ccc(C(=O)OCCOCCOCCO)cc2)cc([Si](C)(C)C)c1. The molecule has 0 unspecified atom stereocenters. The molecule has 0 aliphatic heterocycles. The molecule has 1 amide bonds. The first-order valence-electron chi connectivity index (χ1n) is 11.9. The van der Waals surface area contributed by atoms with Gasteiger partial charge in [-0.3, -0.25) is 4.79 Å². The molecule has 0 saturated carbocycles. The fourth-order valence-electron chi connectivity index (χ4n) is 3.18. The van der Waals surface area contributed by atoms with E-state index < -0.39 is 22.1 Å². The Bertz CT molecular complexity index is 949. The van der Waals surface area contributed by atoms with Crippen molar-refractivity contribution in [1.82, 2.24) is 0 Å². The van der Waals surface area contributed by atoms with E-state index in [0.29, 0.717) is 30.0 Å². The number of carbonyl (C=O) groups excluding carboxylic acids is 2. The molecule has 0 aliphatic rings. The number of aliphatic hydroxyl groups excluding tert-OH is 1. The second-order valence-electron chi connectivity index (χ2n) is 10.4. The van der Waals surface area contributed by atoms with Crippen LogP contribution in [0.5, 0.6) is 0 Å². The molecule has 2 N–H and O–H groups in total. The number of hydrogen-bond donors (Lipinski definition) is 2. The zero-order valence-corrected chi connectivity index (χ0v) is 23.8. The van der Waals surface area contributed by atoms with Crippen molar-refractivity contribution in [3.63, 3.8) is 0 Å². The highest BCUT2D eigenvalue weighted by Crippen LogP contribution is 2.14. The minimum Gasteiger partial charge on any atom is -0.460 e. The monoisotopic (exact) mass is 517 g/mol. The van der Waals surface area contributed by atoms with Gasteiger partial charge in [0, 0.05) is 11.3 Å². The van der Waals surface area contributed by atoms with Gasteiger partial charge in [0.1, 0.15) is 6.61 Å². The number of carbonyl (C=O) groups is 2. The summed E-state index contributed by atoms with van der Waals surface area (Å²) in [7, 11) is -3.18. The Hall–Kier alpha value is -2.31. The maximum Gasteiger partial charge on any atom is 0.338 e. The van der Waals surface area contributed by atoms with E-state index in [1.807, 2.05) is 12.1 Å². The zero-order valence-electron chi connectivity index (χ0n) is 21.8. The van der Waals surface area contributed by atoms with Gasteiger partial charge in [-0.05, 0) is 24.3 Å². The van der Waals surface area contributed by atoms with Gasteiger partial charge in [-0.15, -0.1) is 0 Å². The Labute approximate surface area is 210 Å². The second kappa shape index (κ2) is 13.1. The van der Waals surface area contributed by atoms with Gasteiger partial charge in [-0.25, -0.2) is 4.79 Å². The normalized spacial score (nSPS) is 11.9. The van der Waals surface area contributed by atoms with E-state index in [2.05, 4.69) is 50.7 Å². The van der Waals surface area contributed by atoms with E-state index in [9.17, 15) is 9.59 Å². The summed E-state index contributed by atoms with van der Waals surface area (Å²) in [5.41, 5.74) is 1.69. The van der Waals surface area contributed by atoms with Gasteiger partial charge >= 0.3 is 5.97 Å². The van der Waals surface area contributed by atoms with Gasteiger partial charge < -0.3 is 24.6 Å². The number of aliphatic hydroxyl groups is 1. The second-order valence-corrected chi connectivity index (χ2v) is 20.6. The lowest BCUT2D eigenvalue weighted by atomic mass is 10.2. The van der Waals surface area contributed by atoms with Gasteiger partial charge in [-0.1, -0.05) is 67.9 Å². The number of amides is 1. The Morgan fingerprint density at radius 3 is 1.77 bits per heavy atom. The maximum absolute atomic E-state index is 13.1. The van der Waals surface area contributed by atoms with Crippen LogP contribution in [-0.2, 0) is 14.2 Å². The third kappa shape index (κ3) is 9.69. The fourth-order valence-corrected chi connectivity index (χ4v) is 5.68. The highest BCUT2D eigenvalue weighted by Gasteiger charge is 2.24. The van der Waals surface area contributed by atoms with Gasteiger partial charge in [0.25, 0.3) is 5.91 Å². The number of esters is 1. The van der Waals surface area contributed by atoms with Crippen LogP contribution in [0.2, 0.25) is 39.3 Å². The van der Waals surface area contributed by atoms with Gasteiger partial charge in [0.15, 0.2) is 0 Å². The summed E-state index contributed by atoms with van der Waals surface area (Å²) >= 11 is 0. The molecular weight excluding hydrogens is 478 g/mol. The van der Waals surface area contributed by atoms with E-state index in [-0.39, 0.29) is 32.3 Å². The third-order valence-electron chi connectivity index (χ3n) is 5.37. The number of hydrogen-bond acceptors (Lipinski definition) is 6. The molecule has 0 spiro atoms. The topological polar surface area (TPSA) is 94.1 Å². The van der Waals surface area contributed by atoms with Crippen LogP contribution in [0.1, 0.15) is 20.7 Å². The van der Waals surface area contributed by atoms with Crippen LogP contribution in [0.3, 0.4) is 0 Å². The van der Waals surface area contributed by atoms with Gasteiger partial charge in [0.05, 0.1) is 54.7 Å². The highest BCUT2D eigenvalue weighted by molar-refractivity contribution is 6.91. The summed E-state index contributed by atoms with van der Waals surface area (Å²) in [5, 5.41) is 14.1. The van der Waals surface area contributed by atoms with E-state index in [1.165, 1.54) is 10.4 Å². The molecule has 2 rings (SSSR count). The van der Waals surface area contributed by atoms with E-state index in [4.69, 9.17) is 19.3 Å². The Kier molecular flexibility index (Phi) is 10.8. The predicted molar refractivity (Wildman–Crippen MR) is 146 cm³/mol. The average Bonchev–Trinajstić information content (AvgIpc) is 2.79. The molecule has 192 valence electrons.